The van der Waals surface area contributed by atoms with Gasteiger partial charge in [-0.25, -0.2) is 0 Å². The highest BCUT2D eigenvalue weighted by molar-refractivity contribution is 9.10. The van der Waals surface area contributed by atoms with E-state index in [0.29, 0.717) is 12.5 Å². The predicted octanol–water partition coefficient (Wildman–Crippen LogP) is 3.27. The van der Waals surface area contributed by atoms with Crippen LogP contribution >= 0.6 is 15.9 Å². The van der Waals surface area contributed by atoms with Crippen molar-refractivity contribution >= 4 is 21.7 Å². The van der Waals surface area contributed by atoms with Gasteiger partial charge in [-0.1, -0.05) is 15.9 Å². The van der Waals surface area contributed by atoms with E-state index in [1.807, 2.05) is 18.2 Å². The van der Waals surface area contributed by atoms with Crippen LogP contribution in [0.25, 0.3) is 0 Å². The summed E-state index contributed by atoms with van der Waals surface area (Å²) >= 11 is 3.44. The third kappa shape index (κ3) is 2.32. The zero-order valence-electron chi connectivity index (χ0n) is 11.3. The Kier molecular flexibility index (Phi) is 3.18. The second-order valence-corrected chi connectivity index (χ2v) is 6.72. The summed E-state index contributed by atoms with van der Waals surface area (Å²) in [5, 5.41) is 0. The number of Topliss-reactive ketones (excluding diaryl/α,β-unsaturated/α-hetero) is 1. The first-order valence-corrected chi connectivity index (χ1v) is 7.50. The monoisotopic (exact) mass is 323 g/mol. The Hall–Kier alpha value is -0.870. The summed E-state index contributed by atoms with van der Waals surface area (Å²) in [5.74, 6) is 0.952. The summed E-state index contributed by atoms with van der Waals surface area (Å²) in [6, 6.07) is 6.12. The van der Waals surface area contributed by atoms with Crippen molar-refractivity contribution in [3.05, 3.63) is 28.2 Å². The highest BCUT2D eigenvalue weighted by atomic mass is 79.9. The molecule has 0 radical (unpaired) electrons. The minimum atomic E-state index is -0.295. The summed E-state index contributed by atoms with van der Waals surface area (Å²) in [4.78, 5) is 14.7. The molecule has 1 spiro atoms. The number of carbonyl (C=O) groups excluding carboxylic acids is 1. The number of halogens is 1. The second-order valence-electron chi connectivity index (χ2n) is 5.81. The smallest absolute Gasteiger partial charge is 0.170 e. The Morgan fingerprint density at radius 1 is 1.47 bits per heavy atom. The Morgan fingerprint density at radius 2 is 2.26 bits per heavy atom. The second kappa shape index (κ2) is 4.60. The largest absolute Gasteiger partial charge is 0.486 e. The third-order valence-corrected chi connectivity index (χ3v) is 4.89. The van der Waals surface area contributed by atoms with Crippen molar-refractivity contribution in [2.24, 2.45) is 0 Å². The Balaban J connectivity index is 1.94. The fraction of sp³-hybridized carbons (Fsp3) is 0.533. The highest BCUT2D eigenvalue weighted by Crippen LogP contribution is 2.41. The molecule has 19 heavy (non-hydrogen) atoms. The Bertz CT molecular complexity index is 531. The lowest BCUT2D eigenvalue weighted by atomic mass is 9.80. The van der Waals surface area contributed by atoms with Crippen LogP contribution in [0.1, 0.15) is 36.5 Å². The molecule has 1 saturated heterocycles. The van der Waals surface area contributed by atoms with Crippen LogP contribution in [0, 0.1) is 0 Å². The molecule has 0 bridgehead atoms. The molecule has 0 N–H and O–H groups in total. The van der Waals surface area contributed by atoms with Crippen LogP contribution < -0.4 is 4.74 Å². The van der Waals surface area contributed by atoms with Crippen LogP contribution in [0.4, 0.5) is 0 Å². The molecule has 0 aromatic heterocycles. The molecule has 102 valence electrons. The lowest BCUT2D eigenvalue weighted by Crippen LogP contribution is -2.53. The van der Waals surface area contributed by atoms with Gasteiger partial charge in [0.1, 0.15) is 11.4 Å². The zero-order valence-corrected chi connectivity index (χ0v) is 12.9. The maximum absolute atomic E-state index is 12.3. The lowest BCUT2D eigenvalue weighted by Gasteiger charge is -2.46. The number of rotatable bonds is 0. The van der Waals surface area contributed by atoms with E-state index in [4.69, 9.17) is 4.74 Å². The molecule has 0 aliphatic carbocycles. The molecule has 0 saturated carbocycles. The molecule has 2 unspecified atom stereocenters. The molecular formula is C15H18BrNO2. The van der Waals surface area contributed by atoms with Gasteiger partial charge in [-0.2, -0.15) is 0 Å². The minimum Gasteiger partial charge on any atom is -0.486 e. The first-order chi connectivity index (χ1) is 8.99. The van der Waals surface area contributed by atoms with E-state index < -0.39 is 0 Å². The number of likely N-dealkylation sites (tertiary alicyclic amines) is 1. The van der Waals surface area contributed by atoms with Gasteiger partial charge in [0.2, 0.25) is 0 Å². The molecule has 4 heteroatoms. The maximum atomic E-state index is 12.3. The van der Waals surface area contributed by atoms with Gasteiger partial charge in [0, 0.05) is 29.9 Å². The Morgan fingerprint density at radius 3 is 3.00 bits per heavy atom. The molecule has 0 amide bonds. The van der Waals surface area contributed by atoms with Crippen molar-refractivity contribution in [2.45, 2.75) is 37.8 Å². The van der Waals surface area contributed by atoms with Crippen molar-refractivity contribution in [3.63, 3.8) is 0 Å². The van der Waals surface area contributed by atoms with Gasteiger partial charge in [-0.05, 0) is 32.2 Å². The summed E-state index contributed by atoms with van der Waals surface area (Å²) < 4.78 is 7.21. The molecule has 2 atom stereocenters. The number of fused-ring (bicyclic) bond motifs is 1. The zero-order chi connectivity index (χ0) is 13.6. The highest BCUT2D eigenvalue weighted by Gasteiger charge is 2.44. The van der Waals surface area contributed by atoms with Crippen molar-refractivity contribution < 1.29 is 9.53 Å². The lowest BCUT2D eigenvalue weighted by molar-refractivity contribution is -0.0228. The normalized spacial score (nSPS) is 31.1. The molecular weight excluding hydrogens is 306 g/mol. The molecule has 1 aromatic rings. The third-order valence-electron chi connectivity index (χ3n) is 4.39. The van der Waals surface area contributed by atoms with E-state index in [1.165, 1.54) is 0 Å². The quantitative estimate of drug-likeness (QED) is 0.734. The first kappa shape index (κ1) is 13.1. The fourth-order valence-corrected chi connectivity index (χ4v) is 3.46. The summed E-state index contributed by atoms with van der Waals surface area (Å²) in [6.45, 7) is 3.18. The SMILES string of the molecule is CC1CC2(CCN1C)CC(=O)c1ccc(Br)cc1O2. The predicted molar refractivity (Wildman–Crippen MR) is 77.8 cm³/mol. The topological polar surface area (TPSA) is 29.5 Å². The van der Waals surface area contributed by atoms with Crippen molar-refractivity contribution in [1.82, 2.24) is 4.90 Å². The number of hydrogen-bond acceptors (Lipinski definition) is 3. The average Bonchev–Trinajstić information content (AvgIpc) is 2.34. The molecule has 2 aliphatic heterocycles. The van der Waals surface area contributed by atoms with Gasteiger partial charge in [-0.3, -0.25) is 4.79 Å². The number of ether oxygens (including phenoxy) is 1. The molecule has 1 fully saturated rings. The van der Waals surface area contributed by atoms with Gasteiger partial charge in [0.05, 0.1) is 12.0 Å². The number of ketones is 1. The van der Waals surface area contributed by atoms with E-state index in [0.717, 1.165) is 35.2 Å². The number of piperidine rings is 1. The van der Waals surface area contributed by atoms with Crippen LogP contribution in [0.15, 0.2) is 22.7 Å². The molecule has 2 heterocycles. The van der Waals surface area contributed by atoms with Crippen LogP contribution in [-0.4, -0.2) is 35.9 Å². The van der Waals surface area contributed by atoms with Crippen LogP contribution in [0.2, 0.25) is 0 Å². The van der Waals surface area contributed by atoms with Gasteiger partial charge in [-0.15, -0.1) is 0 Å². The molecule has 2 aliphatic rings. The van der Waals surface area contributed by atoms with Crippen LogP contribution in [0.3, 0.4) is 0 Å². The Labute approximate surface area is 122 Å². The first-order valence-electron chi connectivity index (χ1n) is 6.71. The van der Waals surface area contributed by atoms with Crippen molar-refractivity contribution in [1.29, 1.82) is 0 Å². The molecule has 3 nitrogen and oxygen atoms in total. The minimum absolute atomic E-state index is 0.213. The van der Waals surface area contributed by atoms with E-state index in [9.17, 15) is 4.79 Å². The number of hydrogen-bond donors (Lipinski definition) is 0. The van der Waals surface area contributed by atoms with E-state index in [-0.39, 0.29) is 11.4 Å². The van der Waals surface area contributed by atoms with Gasteiger partial charge < -0.3 is 9.64 Å². The van der Waals surface area contributed by atoms with Crippen LogP contribution in [0.5, 0.6) is 5.75 Å². The standard InChI is InChI=1S/C15H18BrNO2/c1-10-8-15(5-6-17(10)2)9-13(18)12-4-3-11(16)7-14(12)19-15/h3-4,7,10H,5-6,8-9H2,1-2H3. The van der Waals surface area contributed by atoms with Gasteiger partial charge in [0.25, 0.3) is 0 Å². The number of nitrogens with zero attached hydrogens (tertiary/aromatic N) is 1. The number of carbonyl (C=O) groups is 1. The molecule has 1 aromatic carbocycles. The summed E-state index contributed by atoms with van der Waals surface area (Å²) in [5.41, 5.74) is 0.428. The van der Waals surface area contributed by atoms with E-state index in [2.05, 4.69) is 34.8 Å². The number of benzene rings is 1. The van der Waals surface area contributed by atoms with Gasteiger partial charge in [0.15, 0.2) is 5.78 Å². The van der Waals surface area contributed by atoms with E-state index in [1.54, 1.807) is 0 Å². The summed E-state index contributed by atoms with van der Waals surface area (Å²) in [6.07, 6.45) is 2.35. The summed E-state index contributed by atoms with van der Waals surface area (Å²) in [7, 11) is 2.13. The van der Waals surface area contributed by atoms with Gasteiger partial charge >= 0.3 is 0 Å². The maximum Gasteiger partial charge on any atom is 0.170 e. The average molecular weight is 324 g/mol. The van der Waals surface area contributed by atoms with Crippen molar-refractivity contribution in [2.75, 3.05) is 13.6 Å². The fourth-order valence-electron chi connectivity index (χ4n) is 3.12. The van der Waals surface area contributed by atoms with Crippen LogP contribution in [-0.2, 0) is 0 Å². The van der Waals surface area contributed by atoms with E-state index >= 15 is 0 Å². The molecule has 3 rings (SSSR count). The van der Waals surface area contributed by atoms with Crippen molar-refractivity contribution in [3.8, 4) is 5.75 Å².